The van der Waals surface area contributed by atoms with Crippen molar-refractivity contribution in [2.45, 2.75) is 69.8 Å². The minimum absolute atomic E-state index is 0.00112. The van der Waals surface area contributed by atoms with E-state index in [2.05, 4.69) is 33.9 Å². The first-order valence-electron chi connectivity index (χ1n) is 14.9. The second kappa shape index (κ2) is 12.4. The van der Waals surface area contributed by atoms with Crippen molar-refractivity contribution < 1.29 is 27.3 Å². The van der Waals surface area contributed by atoms with E-state index in [-0.39, 0.29) is 28.5 Å². The lowest BCUT2D eigenvalue weighted by atomic mass is 9.79. The Morgan fingerprint density at radius 2 is 1.41 bits per heavy atom. The van der Waals surface area contributed by atoms with Gasteiger partial charge in [0.1, 0.15) is 5.76 Å². The standard InChI is InChI=1S/C34H40NO6PSSi/c1-23-29-28(24(2)41-44(6,7)34(3,4)5)32(36)35(29)30(33(37)40-43-27-21-15-10-16-22-27)31(23)39-42(38,25-17-11-8-12-18-25)26-19-13-9-14-20-26/h8-24,28-29H,1-7H3. The summed E-state index contributed by atoms with van der Waals surface area (Å²) in [5, 5.41) is 0.941. The Bertz CT molecular complexity index is 1550. The van der Waals surface area contributed by atoms with Crippen molar-refractivity contribution in [3.8, 4) is 0 Å². The normalized spacial score (nSPS) is 21.0. The average Bonchev–Trinajstić information content (AvgIpc) is 3.23. The van der Waals surface area contributed by atoms with Crippen molar-refractivity contribution in [2.24, 2.45) is 11.8 Å². The summed E-state index contributed by atoms with van der Waals surface area (Å²) >= 11 is 0.910. The van der Waals surface area contributed by atoms with E-state index >= 15 is 0 Å². The molecule has 0 radical (unpaired) electrons. The van der Waals surface area contributed by atoms with Gasteiger partial charge in [-0.3, -0.25) is 14.3 Å². The van der Waals surface area contributed by atoms with Crippen LogP contribution in [0.15, 0.2) is 107 Å². The van der Waals surface area contributed by atoms with Gasteiger partial charge in [-0.1, -0.05) is 82.3 Å². The van der Waals surface area contributed by atoms with Crippen LogP contribution < -0.4 is 10.6 Å². The van der Waals surface area contributed by atoms with Gasteiger partial charge in [0.15, 0.2) is 14.0 Å². The molecule has 44 heavy (non-hydrogen) atoms. The lowest BCUT2D eigenvalue weighted by molar-refractivity contribution is -0.161. The molecule has 5 rings (SSSR count). The molecule has 1 fully saturated rings. The molecule has 0 aliphatic carbocycles. The summed E-state index contributed by atoms with van der Waals surface area (Å²) in [6, 6.07) is 26.8. The smallest absolute Gasteiger partial charge is 0.371 e. The second-order valence-corrected chi connectivity index (χ2v) is 20.8. The van der Waals surface area contributed by atoms with Gasteiger partial charge >= 0.3 is 13.3 Å². The van der Waals surface area contributed by atoms with Gasteiger partial charge in [-0.15, -0.1) is 0 Å². The molecule has 4 atom stereocenters. The lowest BCUT2D eigenvalue weighted by Gasteiger charge is -2.49. The van der Waals surface area contributed by atoms with Gasteiger partial charge < -0.3 is 13.1 Å². The maximum absolute atomic E-state index is 15.0. The Balaban J connectivity index is 1.54. The molecule has 232 valence electrons. The number of β-lactam (4-membered cyclic amide) rings is 1. The van der Waals surface area contributed by atoms with Gasteiger partial charge in [-0.05, 0) is 61.5 Å². The monoisotopic (exact) mass is 649 g/mol. The molecule has 0 bridgehead atoms. The van der Waals surface area contributed by atoms with Crippen molar-refractivity contribution in [2.75, 3.05) is 0 Å². The number of hydrogen-bond acceptors (Lipinski definition) is 7. The number of fused-ring (bicyclic) bond motifs is 1. The Morgan fingerprint density at radius 3 is 1.91 bits per heavy atom. The molecule has 0 aromatic heterocycles. The predicted molar refractivity (Wildman–Crippen MR) is 177 cm³/mol. The zero-order chi connectivity index (χ0) is 31.9. The number of carbonyl (C=O) groups excluding carboxylic acids is 2. The zero-order valence-corrected chi connectivity index (χ0v) is 28.9. The summed E-state index contributed by atoms with van der Waals surface area (Å²) in [5.74, 6) is -1.68. The predicted octanol–water partition coefficient (Wildman–Crippen LogP) is 7.28. The quantitative estimate of drug-likeness (QED) is 0.0988. The van der Waals surface area contributed by atoms with E-state index in [0.717, 1.165) is 16.9 Å². The summed E-state index contributed by atoms with van der Waals surface area (Å²) in [5.41, 5.74) is -0.00112. The van der Waals surface area contributed by atoms with Crippen LogP contribution in [0.4, 0.5) is 0 Å². The van der Waals surface area contributed by atoms with Crippen LogP contribution >= 0.6 is 19.4 Å². The van der Waals surface area contributed by atoms with Crippen LogP contribution in [0.3, 0.4) is 0 Å². The van der Waals surface area contributed by atoms with Crippen LogP contribution in [-0.4, -0.2) is 37.2 Å². The largest absolute Gasteiger partial charge is 0.439 e. The van der Waals surface area contributed by atoms with Crippen LogP contribution in [0.25, 0.3) is 0 Å². The summed E-state index contributed by atoms with van der Waals surface area (Å²) in [7, 11) is -5.94. The Morgan fingerprint density at radius 1 is 0.909 bits per heavy atom. The first-order chi connectivity index (χ1) is 20.8. The lowest BCUT2D eigenvalue weighted by Crippen LogP contribution is -2.65. The van der Waals surface area contributed by atoms with E-state index in [1.54, 1.807) is 48.5 Å². The van der Waals surface area contributed by atoms with Crippen LogP contribution in [-0.2, 0) is 27.3 Å². The van der Waals surface area contributed by atoms with Gasteiger partial charge in [-0.2, -0.15) is 0 Å². The molecule has 2 heterocycles. The number of hydrogen-bond donors (Lipinski definition) is 0. The fourth-order valence-corrected chi connectivity index (χ4v) is 9.69. The molecule has 2 aliphatic heterocycles. The van der Waals surface area contributed by atoms with E-state index < -0.39 is 39.5 Å². The van der Waals surface area contributed by atoms with Crippen molar-refractivity contribution in [1.82, 2.24) is 4.90 Å². The molecule has 0 N–H and O–H groups in total. The van der Waals surface area contributed by atoms with Crippen molar-refractivity contribution in [3.63, 3.8) is 0 Å². The Hall–Kier alpha value is -3.10. The zero-order valence-electron chi connectivity index (χ0n) is 26.2. The van der Waals surface area contributed by atoms with Crippen LogP contribution in [0.1, 0.15) is 34.6 Å². The molecule has 3 aromatic carbocycles. The highest BCUT2D eigenvalue weighted by Crippen LogP contribution is 2.55. The fraction of sp³-hybridized carbons (Fsp3) is 0.353. The molecular weight excluding hydrogens is 610 g/mol. The van der Waals surface area contributed by atoms with E-state index in [1.807, 2.05) is 56.3 Å². The third-order valence-corrected chi connectivity index (χ3v) is 16.6. The van der Waals surface area contributed by atoms with Gasteiger partial charge in [0.25, 0.3) is 0 Å². The minimum Gasteiger partial charge on any atom is -0.439 e. The summed E-state index contributed by atoms with van der Waals surface area (Å²) in [6.07, 6.45) is -0.377. The molecule has 0 spiro atoms. The molecule has 3 aromatic rings. The maximum atomic E-state index is 15.0. The summed E-state index contributed by atoms with van der Waals surface area (Å²) in [4.78, 5) is 29.9. The fourth-order valence-electron chi connectivity index (χ4n) is 5.58. The highest BCUT2D eigenvalue weighted by molar-refractivity contribution is 7.95. The highest BCUT2D eigenvalue weighted by atomic mass is 32.2. The maximum Gasteiger partial charge on any atom is 0.371 e. The number of nitrogens with zero attached hydrogens (tertiary/aromatic N) is 1. The van der Waals surface area contributed by atoms with E-state index in [1.165, 1.54) is 4.90 Å². The summed E-state index contributed by atoms with van der Waals surface area (Å²) in [6.45, 7) is 14.7. The van der Waals surface area contributed by atoms with E-state index in [9.17, 15) is 14.2 Å². The average molecular weight is 650 g/mol. The third-order valence-electron chi connectivity index (χ3n) is 8.95. The van der Waals surface area contributed by atoms with Crippen molar-refractivity contribution in [3.05, 3.63) is 102 Å². The Labute approximate surface area is 265 Å². The SMILES string of the molecule is CC(O[Si](C)(C)C(C)(C)C)C1C(=O)N2C(C(=O)OSc3ccccc3)=C(OP(=O)(c3ccccc3)c3ccccc3)C(C)C12. The number of rotatable bonds is 10. The molecule has 0 saturated carbocycles. The van der Waals surface area contributed by atoms with Crippen molar-refractivity contribution in [1.29, 1.82) is 0 Å². The first-order valence-corrected chi connectivity index (χ1v) is 20.1. The number of carbonyl (C=O) groups is 2. The van der Waals surface area contributed by atoms with Crippen LogP contribution in [0.2, 0.25) is 18.1 Å². The Kier molecular flexibility index (Phi) is 9.07. The third kappa shape index (κ3) is 5.95. The topological polar surface area (TPSA) is 82.1 Å². The minimum atomic E-state index is -3.74. The molecular formula is C34H40NO6PSSi. The van der Waals surface area contributed by atoms with Crippen LogP contribution in [0.5, 0.6) is 0 Å². The highest BCUT2D eigenvalue weighted by Gasteiger charge is 2.63. The van der Waals surface area contributed by atoms with Crippen molar-refractivity contribution >= 4 is 50.2 Å². The molecule has 4 unspecified atom stereocenters. The number of amides is 1. The van der Waals surface area contributed by atoms with Gasteiger partial charge in [0.2, 0.25) is 5.91 Å². The molecule has 7 nitrogen and oxygen atoms in total. The molecule has 1 saturated heterocycles. The van der Waals surface area contributed by atoms with E-state index in [4.69, 9.17) is 13.1 Å². The molecule has 10 heteroatoms. The summed E-state index contributed by atoms with van der Waals surface area (Å²) < 4.78 is 33.9. The first kappa shape index (κ1) is 32.3. The van der Waals surface area contributed by atoms with Crippen LogP contribution in [0, 0.1) is 11.8 Å². The van der Waals surface area contributed by atoms with Gasteiger partial charge in [0.05, 0.1) is 40.7 Å². The van der Waals surface area contributed by atoms with Gasteiger partial charge in [-0.25, -0.2) is 4.79 Å². The molecule has 2 aliphatic rings. The van der Waals surface area contributed by atoms with Gasteiger partial charge in [0, 0.05) is 10.8 Å². The van der Waals surface area contributed by atoms with E-state index in [0.29, 0.717) is 10.6 Å². The molecule has 1 amide bonds. The second-order valence-electron chi connectivity index (χ2n) is 12.9. The number of benzene rings is 3.